The van der Waals surface area contributed by atoms with E-state index in [2.05, 4.69) is 29.3 Å². The number of hydrogen-bond donors (Lipinski definition) is 1. The maximum Gasteiger partial charge on any atom is 0.0139 e. The summed E-state index contributed by atoms with van der Waals surface area (Å²) in [6, 6.07) is 1.51. The van der Waals surface area contributed by atoms with E-state index in [-0.39, 0.29) is 0 Å². The number of likely N-dealkylation sites (tertiary alicyclic amines) is 1. The Morgan fingerprint density at radius 1 is 1.12 bits per heavy atom. The molecule has 0 aromatic rings. The molecule has 92 valence electrons. The van der Waals surface area contributed by atoms with Crippen molar-refractivity contribution in [3.05, 3.63) is 12.2 Å². The van der Waals surface area contributed by atoms with Crippen LogP contribution in [0.25, 0.3) is 0 Å². The first-order chi connectivity index (χ1) is 7.88. The van der Waals surface area contributed by atoms with E-state index in [1.165, 1.54) is 58.2 Å². The van der Waals surface area contributed by atoms with Crippen LogP contribution in [0.5, 0.6) is 0 Å². The SMILES string of the molecule is CCCN1CCCC(NC2CC=CC2)CC1. The fourth-order valence-electron chi connectivity index (χ4n) is 2.95. The Morgan fingerprint density at radius 2 is 1.94 bits per heavy atom. The Bertz CT molecular complexity index is 217. The van der Waals surface area contributed by atoms with Crippen LogP contribution in [0.3, 0.4) is 0 Å². The van der Waals surface area contributed by atoms with Crippen LogP contribution in [-0.2, 0) is 0 Å². The van der Waals surface area contributed by atoms with E-state index in [1.807, 2.05) is 0 Å². The topological polar surface area (TPSA) is 15.3 Å². The average molecular weight is 222 g/mol. The predicted octanol–water partition coefficient (Wildman–Crippen LogP) is 2.56. The molecule has 0 aromatic carbocycles. The standard InChI is InChI=1S/C14H26N2/c1-2-10-16-11-5-8-14(9-12-16)15-13-6-3-4-7-13/h3-4,13-15H,2,5-12H2,1H3. The smallest absolute Gasteiger partial charge is 0.0139 e. The van der Waals surface area contributed by atoms with Crippen molar-refractivity contribution < 1.29 is 0 Å². The third-order valence-electron chi connectivity index (χ3n) is 3.84. The van der Waals surface area contributed by atoms with Crippen molar-refractivity contribution in [2.24, 2.45) is 0 Å². The van der Waals surface area contributed by atoms with Gasteiger partial charge in [-0.3, -0.25) is 0 Å². The summed E-state index contributed by atoms with van der Waals surface area (Å²) in [5.74, 6) is 0. The van der Waals surface area contributed by atoms with E-state index < -0.39 is 0 Å². The Hall–Kier alpha value is -0.340. The zero-order chi connectivity index (χ0) is 11.2. The molecule has 1 unspecified atom stereocenters. The van der Waals surface area contributed by atoms with Gasteiger partial charge in [0.2, 0.25) is 0 Å². The second kappa shape index (κ2) is 6.41. The summed E-state index contributed by atoms with van der Waals surface area (Å²) >= 11 is 0. The Labute approximate surface area is 100 Å². The van der Waals surface area contributed by atoms with Gasteiger partial charge >= 0.3 is 0 Å². The summed E-state index contributed by atoms with van der Waals surface area (Å²) in [5.41, 5.74) is 0. The van der Waals surface area contributed by atoms with Crippen molar-refractivity contribution >= 4 is 0 Å². The number of hydrogen-bond acceptors (Lipinski definition) is 2. The van der Waals surface area contributed by atoms with Gasteiger partial charge in [0, 0.05) is 12.1 Å². The van der Waals surface area contributed by atoms with Crippen molar-refractivity contribution in [1.82, 2.24) is 10.2 Å². The van der Waals surface area contributed by atoms with Crippen molar-refractivity contribution in [3.63, 3.8) is 0 Å². The number of nitrogens with zero attached hydrogens (tertiary/aromatic N) is 1. The molecule has 1 heterocycles. The molecule has 0 amide bonds. The second-order valence-electron chi connectivity index (χ2n) is 5.28. The Kier molecular flexibility index (Phi) is 4.86. The van der Waals surface area contributed by atoms with Gasteiger partial charge in [0.25, 0.3) is 0 Å². The lowest BCUT2D eigenvalue weighted by atomic mass is 10.1. The van der Waals surface area contributed by atoms with Crippen LogP contribution in [0.1, 0.15) is 45.4 Å². The molecule has 1 atom stereocenters. The molecule has 1 aliphatic heterocycles. The van der Waals surface area contributed by atoms with E-state index >= 15 is 0 Å². The third-order valence-corrected chi connectivity index (χ3v) is 3.84. The molecule has 0 saturated carbocycles. The molecule has 1 N–H and O–H groups in total. The van der Waals surface area contributed by atoms with E-state index in [0.717, 1.165) is 12.1 Å². The molecule has 0 bridgehead atoms. The van der Waals surface area contributed by atoms with E-state index in [1.54, 1.807) is 0 Å². The first-order valence-electron chi connectivity index (χ1n) is 7.02. The third kappa shape index (κ3) is 3.60. The van der Waals surface area contributed by atoms with Crippen LogP contribution in [0.2, 0.25) is 0 Å². The molecule has 0 spiro atoms. The maximum atomic E-state index is 3.83. The van der Waals surface area contributed by atoms with Crippen LogP contribution >= 0.6 is 0 Å². The fourth-order valence-corrected chi connectivity index (χ4v) is 2.95. The van der Waals surface area contributed by atoms with Crippen molar-refractivity contribution in [1.29, 1.82) is 0 Å². The summed E-state index contributed by atoms with van der Waals surface area (Å²) in [6.45, 7) is 6.18. The highest BCUT2D eigenvalue weighted by Gasteiger charge is 2.19. The fraction of sp³-hybridized carbons (Fsp3) is 0.857. The summed E-state index contributed by atoms with van der Waals surface area (Å²) in [5, 5.41) is 3.83. The van der Waals surface area contributed by atoms with Gasteiger partial charge in [0.15, 0.2) is 0 Å². The summed E-state index contributed by atoms with van der Waals surface area (Å²) in [6.07, 6.45) is 12.5. The maximum absolute atomic E-state index is 3.83. The van der Waals surface area contributed by atoms with Crippen LogP contribution in [0.15, 0.2) is 12.2 Å². The number of nitrogens with one attached hydrogen (secondary N) is 1. The minimum atomic E-state index is 0.739. The van der Waals surface area contributed by atoms with Crippen molar-refractivity contribution in [3.8, 4) is 0 Å². The molecule has 16 heavy (non-hydrogen) atoms. The van der Waals surface area contributed by atoms with Crippen molar-refractivity contribution in [2.45, 2.75) is 57.5 Å². The first kappa shape index (κ1) is 12.1. The van der Waals surface area contributed by atoms with E-state index in [9.17, 15) is 0 Å². The highest BCUT2D eigenvalue weighted by Crippen LogP contribution is 2.16. The van der Waals surface area contributed by atoms with Crippen LogP contribution in [-0.4, -0.2) is 36.6 Å². The van der Waals surface area contributed by atoms with Gasteiger partial charge in [-0.1, -0.05) is 19.1 Å². The second-order valence-corrected chi connectivity index (χ2v) is 5.28. The highest BCUT2D eigenvalue weighted by molar-refractivity contribution is 4.98. The van der Waals surface area contributed by atoms with Gasteiger partial charge in [-0.25, -0.2) is 0 Å². The molecule has 2 nitrogen and oxygen atoms in total. The lowest BCUT2D eigenvalue weighted by molar-refractivity contribution is 0.281. The molecule has 0 aromatic heterocycles. The summed E-state index contributed by atoms with van der Waals surface area (Å²) in [7, 11) is 0. The van der Waals surface area contributed by atoms with Crippen LogP contribution < -0.4 is 5.32 Å². The summed E-state index contributed by atoms with van der Waals surface area (Å²) in [4.78, 5) is 2.63. The molecule has 2 rings (SSSR count). The van der Waals surface area contributed by atoms with Crippen molar-refractivity contribution in [2.75, 3.05) is 19.6 Å². The zero-order valence-corrected chi connectivity index (χ0v) is 10.6. The highest BCUT2D eigenvalue weighted by atomic mass is 15.1. The molecule has 1 aliphatic carbocycles. The zero-order valence-electron chi connectivity index (χ0n) is 10.6. The minimum Gasteiger partial charge on any atom is -0.311 e. The van der Waals surface area contributed by atoms with Gasteiger partial charge in [-0.2, -0.15) is 0 Å². The quantitative estimate of drug-likeness (QED) is 0.735. The van der Waals surface area contributed by atoms with Crippen LogP contribution in [0.4, 0.5) is 0 Å². The Balaban J connectivity index is 1.71. The van der Waals surface area contributed by atoms with Gasteiger partial charge in [-0.15, -0.1) is 0 Å². The van der Waals surface area contributed by atoms with Gasteiger partial charge in [0.05, 0.1) is 0 Å². The average Bonchev–Trinajstić information content (AvgIpc) is 2.68. The monoisotopic (exact) mass is 222 g/mol. The molecule has 1 saturated heterocycles. The molecule has 1 fully saturated rings. The molecular formula is C14H26N2. The Morgan fingerprint density at radius 3 is 2.69 bits per heavy atom. The van der Waals surface area contributed by atoms with Gasteiger partial charge in [-0.05, 0) is 58.2 Å². The molecular weight excluding hydrogens is 196 g/mol. The first-order valence-corrected chi connectivity index (χ1v) is 7.02. The minimum absolute atomic E-state index is 0.739. The molecule has 2 aliphatic rings. The predicted molar refractivity (Wildman–Crippen MR) is 69.7 cm³/mol. The number of rotatable bonds is 4. The lowest BCUT2D eigenvalue weighted by Gasteiger charge is -2.22. The van der Waals surface area contributed by atoms with Gasteiger partial charge < -0.3 is 10.2 Å². The normalized spacial score (nSPS) is 28.4. The van der Waals surface area contributed by atoms with Crippen LogP contribution in [0, 0.1) is 0 Å². The molecule has 0 radical (unpaired) electrons. The van der Waals surface area contributed by atoms with E-state index in [0.29, 0.717) is 0 Å². The molecule has 2 heteroatoms. The summed E-state index contributed by atoms with van der Waals surface area (Å²) < 4.78 is 0. The lowest BCUT2D eigenvalue weighted by Crippen LogP contribution is -2.37. The van der Waals surface area contributed by atoms with Gasteiger partial charge in [0.1, 0.15) is 0 Å². The van der Waals surface area contributed by atoms with E-state index in [4.69, 9.17) is 0 Å². The largest absolute Gasteiger partial charge is 0.311 e.